The molecule has 1 aromatic carbocycles. The molecule has 6 heteroatoms. The number of hydrogen-bond acceptors (Lipinski definition) is 2. The molecule has 5 nitrogen and oxygen atoms in total. The molecule has 0 unspecified atom stereocenters. The Bertz CT molecular complexity index is 477. The predicted molar refractivity (Wildman–Crippen MR) is 103 cm³/mol. The summed E-state index contributed by atoms with van der Waals surface area (Å²) in [7, 11) is 1.64. The maximum atomic E-state index is 11.6. The third-order valence-electron chi connectivity index (χ3n) is 2.96. The van der Waals surface area contributed by atoms with E-state index in [4.69, 9.17) is 0 Å². The average molecular weight is 418 g/mol. The van der Waals surface area contributed by atoms with Gasteiger partial charge in [0.15, 0.2) is 5.96 Å². The number of guanidine groups is 1. The molecule has 0 atom stereocenters. The minimum atomic E-state index is -0.0531. The molecule has 0 aliphatic rings. The van der Waals surface area contributed by atoms with Crippen molar-refractivity contribution in [2.24, 2.45) is 4.99 Å². The molecule has 0 fully saturated rings. The van der Waals surface area contributed by atoms with Gasteiger partial charge in [0, 0.05) is 32.2 Å². The highest BCUT2D eigenvalue weighted by Gasteiger charge is 2.03. The van der Waals surface area contributed by atoms with Gasteiger partial charge in [0.25, 0.3) is 5.91 Å². The van der Waals surface area contributed by atoms with Crippen LogP contribution >= 0.6 is 24.0 Å². The molecule has 0 radical (unpaired) electrons. The van der Waals surface area contributed by atoms with Crippen molar-refractivity contribution < 1.29 is 4.79 Å². The summed E-state index contributed by atoms with van der Waals surface area (Å²) in [6, 6.07) is 7.69. The van der Waals surface area contributed by atoms with Crippen LogP contribution in [0.3, 0.4) is 0 Å². The van der Waals surface area contributed by atoms with Crippen LogP contribution in [0.5, 0.6) is 0 Å². The third-order valence-corrected chi connectivity index (χ3v) is 2.96. The first-order valence-corrected chi connectivity index (χ1v) is 7.54. The van der Waals surface area contributed by atoms with Crippen molar-refractivity contribution in [1.82, 2.24) is 16.0 Å². The number of amides is 1. The van der Waals surface area contributed by atoms with Gasteiger partial charge in [0.1, 0.15) is 0 Å². The molecule has 0 spiro atoms. The van der Waals surface area contributed by atoms with E-state index in [0.29, 0.717) is 5.56 Å². The summed E-state index contributed by atoms with van der Waals surface area (Å²) in [6.07, 6.45) is 1.88. The van der Waals surface area contributed by atoms with Crippen molar-refractivity contribution in [1.29, 1.82) is 0 Å². The Hall–Kier alpha value is -1.31. The van der Waals surface area contributed by atoms with Gasteiger partial charge in [-0.25, -0.2) is 0 Å². The molecule has 0 aliphatic heterocycles. The maximum absolute atomic E-state index is 11.6. The lowest BCUT2D eigenvalue weighted by atomic mass is 10.1. The van der Waals surface area contributed by atoms with Crippen LogP contribution in [0.15, 0.2) is 29.3 Å². The van der Waals surface area contributed by atoms with Crippen molar-refractivity contribution in [2.75, 3.05) is 26.7 Å². The van der Waals surface area contributed by atoms with Crippen LogP contribution in [-0.2, 0) is 6.42 Å². The van der Waals surface area contributed by atoms with Crippen molar-refractivity contribution in [2.45, 2.75) is 26.7 Å². The summed E-state index contributed by atoms with van der Waals surface area (Å²) < 4.78 is 0. The standard InChI is InChI=1S/C16H26N4O.HI/c1-4-10-19-16(18-5-2)20-11-9-13-7-6-8-14(12-13)15(21)17-3;/h6-8,12H,4-5,9-11H2,1-3H3,(H,17,21)(H2,18,19,20);1H. The summed E-state index contributed by atoms with van der Waals surface area (Å²) in [5.74, 6) is 0.796. The topological polar surface area (TPSA) is 65.5 Å². The first-order chi connectivity index (χ1) is 10.2. The molecule has 0 bridgehead atoms. The van der Waals surface area contributed by atoms with E-state index in [2.05, 4.69) is 34.8 Å². The molecule has 0 saturated carbocycles. The Morgan fingerprint density at radius 1 is 1.23 bits per heavy atom. The Morgan fingerprint density at radius 2 is 2.00 bits per heavy atom. The zero-order valence-corrected chi connectivity index (χ0v) is 15.9. The van der Waals surface area contributed by atoms with Gasteiger partial charge < -0.3 is 16.0 Å². The maximum Gasteiger partial charge on any atom is 0.251 e. The SMILES string of the molecule is CCCN=C(NCC)NCCc1cccc(C(=O)NC)c1.I. The van der Waals surface area contributed by atoms with Crippen LogP contribution in [0, 0.1) is 0 Å². The van der Waals surface area contributed by atoms with Crippen molar-refractivity contribution >= 4 is 35.8 Å². The second-order valence-corrected chi connectivity index (χ2v) is 4.72. The van der Waals surface area contributed by atoms with E-state index < -0.39 is 0 Å². The second kappa shape index (κ2) is 12.3. The van der Waals surface area contributed by atoms with E-state index in [-0.39, 0.29) is 29.9 Å². The quantitative estimate of drug-likeness (QED) is 0.361. The normalized spacial score (nSPS) is 10.6. The van der Waals surface area contributed by atoms with Crippen LogP contribution in [0.25, 0.3) is 0 Å². The Morgan fingerprint density at radius 3 is 2.64 bits per heavy atom. The van der Waals surface area contributed by atoms with Crippen molar-refractivity contribution in [3.05, 3.63) is 35.4 Å². The lowest BCUT2D eigenvalue weighted by molar-refractivity contribution is 0.0963. The van der Waals surface area contributed by atoms with Gasteiger partial charge in [-0.05, 0) is 37.5 Å². The second-order valence-electron chi connectivity index (χ2n) is 4.72. The van der Waals surface area contributed by atoms with Crippen LogP contribution < -0.4 is 16.0 Å². The molecule has 0 saturated heterocycles. The van der Waals surface area contributed by atoms with E-state index in [1.54, 1.807) is 7.05 Å². The monoisotopic (exact) mass is 418 g/mol. The fraction of sp³-hybridized carbons (Fsp3) is 0.500. The zero-order valence-electron chi connectivity index (χ0n) is 13.6. The summed E-state index contributed by atoms with van der Waals surface area (Å²) in [5, 5.41) is 9.16. The number of carbonyl (C=O) groups is 1. The van der Waals surface area contributed by atoms with Gasteiger partial charge in [-0.1, -0.05) is 19.1 Å². The number of halogens is 1. The number of benzene rings is 1. The number of carbonyl (C=O) groups excluding carboxylic acids is 1. The van der Waals surface area contributed by atoms with Gasteiger partial charge in [-0.2, -0.15) is 0 Å². The molecular formula is C16H27IN4O. The number of rotatable bonds is 7. The largest absolute Gasteiger partial charge is 0.357 e. The summed E-state index contributed by atoms with van der Waals surface area (Å²) >= 11 is 0. The van der Waals surface area contributed by atoms with E-state index in [1.807, 2.05) is 24.3 Å². The first kappa shape index (κ1) is 20.7. The van der Waals surface area contributed by atoms with Crippen molar-refractivity contribution in [3.8, 4) is 0 Å². The molecule has 0 heterocycles. The summed E-state index contributed by atoms with van der Waals surface area (Å²) in [4.78, 5) is 16.0. The zero-order chi connectivity index (χ0) is 15.5. The van der Waals surface area contributed by atoms with Gasteiger partial charge in [-0.3, -0.25) is 9.79 Å². The highest BCUT2D eigenvalue weighted by atomic mass is 127. The molecular weight excluding hydrogens is 391 g/mol. The van der Waals surface area contributed by atoms with Gasteiger partial charge in [-0.15, -0.1) is 24.0 Å². The fourth-order valence-corrected chi connectivity index (χ4v) is 1.90. The fourth-order valence-electron chi connectivity index (χ4n) is 1.90. The van der Waals surface area contributed by atoms with Crippen LogP contribution in [-0.4, -0.2) is 38.5 Å². The first-order valence-electron chi connectivity index (χ1n) is 7.54. The molecule has 0 aliphatic carbocycles. The highest BCUT2D eigenvalue weighted by molar-refractivity contribution is 14.0. The van der Waals surface area contributed by atoms with E-state index in [9.17, 15) is 4.79 Å². The van der Waals surface area contributed by atoms with Crippen molar-refractivity contribution in [3.63, 3.8) is 0 Å². The van der Waals surface area contributed by atoms with Gasteiger partial charge in [0.05, 0.1) is 0 Å². The molecule has 3 N–H and O–H groups in total. The van der Waals surface area contributed by atoms with E-state index >= 15 is 0 Å². The molecule has 0 aromatic heterocycles. The minimum absolute atomic E-state index is 0. The van der Waals surface area contributed by atoms with Crippen LogP contribution in [0.4, 0.5) is 0 Å². The average Bonchev–Trinajstić information content (AvgIpc) is 2.52. The summed E-state index contributed by atoms with van der Waals surface area (Å²) in [6.45, 7) is 6.61. The molecule has 1 aromatic rings. The Balaban J connectivity index is 0.00000441. The number of aliphatic imine (C=N–C) groups is 1. The molecule has 1 rings (SSSR count). The van der Waals surface area contributed by atoms with E-state index in [1.165, 1.54) is 0 Å². The number of nitrogens with zero attached hydrogens (tertiary/aromatic N) is 1. The third kappa shape index (κ3) is 7.63. The minimum Gasteiger partial charge on any atom is -0.357 e. The predicted octanol–water partition coefficient (Wildman–Crippen LogP) is 2.17. The Labute approximate surface area is 150 Å². The van der Waals surface area contributed by atoms with Crippen LogP contribution in [0.1, 0.15) is 36.2 Å². The highest BCUT2D eigenvalue weighted by Crippen LogP contribution is 2.05. The van der Waals surface area contributed by atoms with Gasteiger partial charge >= 0.3 is 0 Å². The molecule has 124 valence electrons. The lowest BCUT2D eigenvalue weighted by Gasteiger charge is -2.11. The molecule has 1 amide bonds. The van der Waals surface area contributed by atoms with E-state index in [0.717, 1.165) is 44.0 Å². The van der Waals surface area contributed by atoms with Gasteiger partial charge in [0.2, 0.25) is 0 Å². The Kier molecular flexibility index (Phi) is 11.5. The lowest BCUT2D eigenvalue weighted by Crippen LogP contribution is -2.38. The summed E-state index contributed by atoms with van der Waals surface area (Å²) in [5.41, 5.74) is 1.83. The number of nitrogens with one attached hydrogen (secondary N) is 3. The van der Waals surface area contributed by atoms with Crippen LogP contribution in [0.2, 0.25) is 0 Å². The number of hydrogen-bond donors (Lipinski definition) is 3. The molecule has 22 heavy (non-hydrogen) atoms. The smallest absolute Gasteiger partial charge is 0.251 e.